The minimum absolute atomic E-state index is 0.121. The van der Waals surface area contributed by atoms with E-state index in [2.05, 4.69) is 17.1 Å². The molecule has 1 aromatic heterocycles. The van der Waals surface area contributed by atoms with Gasteiger partial charge < -0.3 is 9.88 Å². The Labute approximate surface area is 156 Å². The summed E-state index contributed by atoms with van der Waals surface area (Å²) < 4.78 is 13.3. The molecule has 1 fully saturated rings. The highest BCUT2D eigenvalue weighted by atomic mass is 19.1. The summed E-state index contributed by atoms with van der Waals surface area (Å²) in [5.41, 5.74) is 1.37. The zero-order chi connectivity index (χ0) is 18.8. The van der Waals surface area contributed by atoms with Crippen LogP contribution < -0.4 is 5.56 Å². The van der Waals surface area contributed by atoms with Gasteiger partial charge in [0.25, 0.3) is 11.5 Å². The lowest BCUT2D eigenvalue weighted by Gasteiger charge is -2.32. The number of rotatable bonds is 3. The monoisotopic (exact) mass is 364 g/mol. The lowest BCUT2D eigenvalue weighted by Crippen LogP contribution is -2.40. The van der Waals surface area contributed by atoms with Gasteiger partial charge in [-0.3, -0.25) is 9.59 Å². The van der Waals surface area contributed by atoms with Crippen LogP contribution in [0.25, 0.3) is 10.9 Å². The number of nitrogens with zero attached hydrogens (tertiary/aromatic N) is 1. The molecule has 4 nitrogen and oxygen atoms in total. The highest BCUT2D eigenvalue weighted by Crippen LogP contribution is 2.23. The fourth-order valence-corrected chi connectivity index (χ4v) is 3.79. The molecule has 2 aromatic carbocycles. The number of aromatic amines is 1. The molecule has 0 atom stereocenters. The summed E-state index contributed by atoms with van der Waals surface area (Å²) in [6.07, 6.45) is 2.87. The molecule has 0 bridgehead atoms. The van der Waals surface area contributed by atoms with Crippen molar-refractivity contribution in [1.82, 2.24) is 9.88 Å². The van der Waals surface area contributed by atoms with Crippen LogP contribution in [0.2, 0.25) is 0 Å². The Kier molecular flexibility index (Phi) is 4.75. The minimum Gasteiger partial charge on any atom is -0.338 e. The fourth-order valence-electron chi connectivity index (χ4n) is 3.79. The molecule has 0 unspecified atom stereocenters. The van der Waals surface area contributed by atoms with Crippen LogP contribution in [-0.4, -0.2) is 28.9 Å². The third-order valence-corrected chi connectivity index (χ3v) is 5.31. The second kappa shape index (κ2) is 7.35. The molecule has 2 heterocycles. The Morgan fingerprint density at radius 2 is 1.81 bits per heavy atom. The number of benzene rings is 2. The van der Waals surface area contributed by atoms with E-state index in [0.29, 0.717) is 29.9 Å². The zero-order valence-electron chi connectivity index (χ0n) is 15.0. The third-order valence-electron chi connectivity index (χ3n) is 5.31. The lowest BCUT2D eigenvalue weighted by atomic mass is 9.90. The van der Waals surface area contributed by atoms with Crippen molar-refractivity contribution >= 4 is 16.8 Å². The Balaban J connectivity index is 1.46. The van der Waals surface area contributed by atoms with Crippen molar-refractivity contribution in [2.24, 2.45) is 5.92 Å². The molecule has 1 aliphatic heterocycles. The molecule has 3 aromatic rings. The van der Waals surface area contributed by atoms with E-state index in [1.807, 2.05) is 18.2 Å². The van der Waals surface area contributed by atoms with Crippen LogP contribution in [0.1, 0.15) is 28.8 Å². The molecule has 0 radical (unpaired) electrons. The number of halogens is 1. The summed E-state index contributed by atoms with van der Waals surface area (Å²) in [6.45, 7) is 1.30. The molecule has 138 valence electrons. The van der Waals surface area contributed by atoms with Gasteiger partial charge in [-0.2, -0.15) is 0 Å². The van der Waals surface area contributed by atoms with E-state index in [0.717, 1.165) is 19.3 Å². The predicted molar refractivity (Wildman–Crippen MR) is 103 cm³/mol. The summed E-state index contributed by atoms with van der Waals surface area (Å²) in [6, 6.07) is 16.1. The van der Waals surface area contributed by atoms with Gasteiger partial charge in [0.05, 0.1) is 5.52 Å². The number of piperidine rings is 1. The number of fused-ring (bicyclic) bond motifs is 1. The van der Waals surface area contributed by atoms with Crippen molar-refractivity contribution in [1.29, 1.82) is 0 Å². The number of hydrogen-bond acceptors (Lipinski definition) is 2. The number of aromatic nitrogens is 1. The second-order valence-corrected chi connectivity index (χ2v) is 7.17. The van der Waals surface area contributed by atoms with Gasteiger partial charge in [-0.15, -0.1) is 0 Å². The molecule has 0 spiro atoms. The summed E-state index contributed by atoms with van der Waals surface area (Å²) in [5.74, 6) is -0.118. The highest BCUT2D eigenvalue weighted by Gasteiger charge is 2.25. The molecule has 0 aliphatic carbocycles. The summed E-state index contributed by atoms with van der Waals surface area (Å²) in [7, 11) is 0. The van der Waals surface area contributed by atoms with E-state index in [4.69, 9.17) is 0 Å². The van der Waals surface area contributed by atoms with Crippen molar-refractivity contribution < 1.29 is 9.18 Å². The number of carbonyl (C=O) groups is 1. The zero-order valence-corrected chi connectivity index (χ0v) is 15.0. The Bertz CT molecular complexity index is 1020. The SMILES string of the molecule is O=C(c1cc2ccc(F)cc2[nH]c1=O)N1CCC(Cc2ccccc2)CC1. The van der Waals surface area contributed by atoms with Crippen molar-refractivity contribution in [3.05, 3.63) is 81.9 Å². The Morgan fingerprint density at radius 3 is 2.56 bits per heavy atom. The van der Waals surface area contributed by atoms with E-state index in [-0.39, 0.29) is 11.5 Å². The van der Waals surface area contributed by atoms with Gasteiger partial charge >= 0.3 is 0 Å². The maximum absolute atomic E-state index is 13.3. The number of H-pyrrole nitrogens is 1. The molecule has 4 rings (SSSR count). The average Bonchev–Trinajstić information content (AvgIpc) is 2.68. The largest absolute Gasteiger partial charge is 0.338 e. The van der Waals surface area contributed by atoms with Gasteiger partial charge in [0.2, 0.25) is 0 Å². The maximum Gasteiger partial charge on any atom is 0.261 e. The first-order chi connectivity index (χ1) is 13.1. The summed E-state index contributed by atoms with van der Waals surface area (Å²) in [4.78, 5) is 29.5. The van der Waals surface area contributed by atoms with Crippen LogP contribution in [0.3, 0.4) is 0 Å². The lowest BCUT2D eigenvalue weighted by molar-refractivity contribution is 0.0689. The van der Waals surface area contributed by atoms with E-state index < -0.39 is 11.4 Å². The first-order valence-corrected chi connectivity index (χ1v) is 9.26. The van der Waals surface area contributed by atoms with Crippen LogP contribution in [-0.2, 0) is 6.42 Å². The topological polar surface area (TPSA) is 53.2 Å². The number of hydrogen-bond donors (Lipinski definition) is 1. The predicted octanol–water partition coefficient (Wildman–Crippen LogP) is 3.76. The quantitative estimate of drug-likeness (QED) is 0.769. The number of pyridine rings is 1. The molecule has 1 amide bonds. The van der Waals surface area contributed by atoms with E-state index in [1.54, 1.807) is 17.0 Å². The van der Waals surface area contributed by atoms with E-state index >= 15 is 0 Å². The number of carbonyl (C=O) groups excluding carboxylic acids is 1. The summed E-state index contributed by atoms with van der Waals surface area (Å²) in [5, 5.41) is 0.651. The number of likely N-dealkylation sites (tertiary alicyclic amines) is 1. The molecular weight excluding hydrogens is 343 g/mol. The van der Waals surface area contributed by atoms with Crippen LogP contribution >= 0.6 is 0 Å². The first-order valence-electron chi connectivity index (χ1n) is 9.26. The maximum atomic E-state index is 13.3. The van der Waals surface area contributed by atoms with Crippen molar-refractivity contribution in [2.75, 3.05) is 13.1 Å². The minimum atomic E-state index is -0.468. The van der Waals surface area contributed by atoms with Gasteiger partial charge in [-0.1, -0.05) is 30.3 Å². The molecule has 0 saturated carbocycles. The van der Waals surface area contributed by atoms with Gasteiger partial charge in [0.15, 0.2) is 0 Å². The van der Waals surface area contributed by atoms with Gasteiger partial charge in [-0.25, -0.2) is 4.39 Å². The van der Waals surface area contributed by atoms with Gasteiger partial charge in [-0.05, 0) is 60.4 Å². The van der Waals surface area contributed by atoms with Gasteiger partial charge in [0, 0.05) is 13.1 Å². The van der Waals surface area contributed by atoms with E-state index in [9.17, 15) is 14.0 Å². The molecule has 1 N–H and O–H groups in total. The molecule has 1 aliphatic rings. The third kappa shape index (κ3) is 3.77. The van der Waals surface area contributed by atoms with Crippen LogP contribution in [0, 0.1) is 11.7 Å². The highest BCUT2D eigenvalue weighted by molar-refractivity contribution is 5.97. The van der Waals surface area contributed by atoms with Crippen molar-refractivity contribution in [3.8, 4) is 0 Å². The smallest absolute Gasteiger partial charge is 0.261 e. The van der Waals surface area contributed by atoms with Crippen LogP contribution in [0.5, 0.6) is 0 Å². The summed E-state index contributed by atoms with van der Waals surface area (Å²) >= 11 is 0. The molecule has 1 saturated heterocycles. The fraction of sp³-hybridized carbons (Fsp3) is 0.273. The molecule has 5 heteroatoms. The van der Waals surface area contributed by atoms with Crippen LogP contribution in [0.4, 0.5) is 4.39 Å². The van der Waals surface area contributed by atoms with Crippen molar-refractivity contribution in [2.45, 2.75) is 19.3 Å². The second-order valence-electron chi connectivity index (χ2n) is 7.17. The first kappa shape index (κ1) is 17.5. The Morgan fingerprint density at radius 1 is 1.07 bits per heavy atom. The molecule has 27 heavy (non-hydrogen) atoms. The van der Waals surface area contributed by atoms with Crippen LogP contribution in [0.15, 0.2) is 59.4 Å². The Hall–Kier alpha value is -2.95. The van der Waals surface area contributed by atoms with Gasteiger partial charge in [0.1, 0.15) is 11.4 Å². The molecular formula is C22H21FN2O2. The normalized spacial score (nSPS) is 15.2. The standard InChI is InChI=1S/C22H21FN2O2/c23-18-7-6-17-13-19(21(26)24-20(17)14-18)22(27)25-10-8-16(9-11-25)12-15-4-2-1-3-5-15/h1-7,13-14,16H,8-12H2,(H,24,26). The van der Waals surface area contributed by atoms with Crippen molar-refractivity contribution in [3.63, 3.8) is 0 Å². The average molecular weight is 364 g/mol. The van der Waals surface area contributed by atoms with E-state index in [1.165, 1.54) is 17.7 Å². The number of amides is 1. The number of nitrogens with one attached hydrogen (secondary N) is 1.